The Bertz CT molecular complexity index is 483. The van der Waals surface area contributed by atoms with Crippen molar-refractivity contribution in [2.45, 2.75) is 24.9 Å². The van der Waals surface area contributed by atoms with Crippen molar-refractivity contribution < 1.29 is 4.79 Å². The van der Waals surface area contributed by atoms with E-state index in [9.17, 15) is 4.79 Å². The van der Waals surface area contributed by atoms with E-state index >= 15 is 0 Å². The smallest absolute Gasteiger partial charge is 0.234 e. The van der Waals surface area contributed by atoms with Gasteiger partial charge in [0.2, 0.25) is 5.91 Å². The van der Waals surface area contributed by atoms with Crippen molar-refractivity contribution >= 4 is 28.6 Å². The largest absolute Gasteiger partial charge is 0.352 e. The lowest BCUT2D eigenvalue weighted by molar-refractivity contribution is -0.120. The zero-order chi connectivity index (χ0) is 13.1. The molecule has 0 aliphatic heterocycles. The van der Waals surface area contributed by atoms with Crippen molar-refractivity contribution in [3.05, 3.63) is 44.8 Å². The van der Waals surface area contributed by atoms with Gasteiger partial charge in [-0.25, -0.2) is 0 Å². The van der Waals surface area contributed by atoms with E-state index in [-0.39, 0.29) is 11.9 Å². The van der Waals surface area contributed by atoms with Crippen LogP contribution >= 0.6 is 22.7 Å². The molecule has 0 bridgehead atoms. The summed E-state index contributed by atoms with van der Waals surface area (Å²) in [6.45, 7) is 0.372. The number of hydrogen-bond acceptors (Lipinski definition) is 4. The average molecular weight is 292 g/mol. The molecule has 1 aliphatic rings. The zero-order valence-electron chi connectivity index (χ0n) is 10.5. The summed E-state index contributed by atoms with van der Waals surface area (Å²) in [4.78, 5) is 14.3. The Morgan fingerprint density at radius 1 is 1.21 bits per heavy atom. The summed E-state index contributed by atoms with van der Waals surface area (Å²) in [5.74, 6) is 0.0978. The minimum Gasteiger partial charge on any atom is -0.352 e. The predicted octanol–water partition coefficient (Wildman–Crippen LogP) is 2.77. The van der Waals surface area contributed by atoms with E-state index in [1.807, 2.05) is 12.1 Å². The highest BCUT2D eigenvalue weighted by Gasteiger charge is 2.24. The highest BCUT2D eigenvalue weighted by molar-refractivity contribution is 7.11. The van der Waals surface area contributed by atoms with Crippen molar-refractivity contribution in [3.8, 4) is 0 Å². The van der Waals surface area contributed by atoms with Gasteiger partial charge in [-0.3, -0.25) is 10.1 Å². The molecule has 1 saturated carbocycles. The van der Waals surface area contributed by atoms with E-state index in [2.05, 4.69) is 33.5 Å². The summed E-state index contributed by atoms with van der Waals surface area (Å²) in [7, 11) is 0. The van der Waals surface area contributed by atoms with Crippen LogP contribution in [0.4, 0.5) is 0 Å². The van der Waals surface area contributed by atoms with Gasteiger partial charge in [0.05, 0.1) is 12.6 Å². The topological polar surface area (TPSA) is 41.1 Å². The summed E-state index contributed by atoms with van der Waals surface area (Å²) in [6, 6.07) is 8.88. The maximum Gasteiger partial charge on any atom is 0.234 e. The lowest BCUT2D eigenvalue weighted by Crippen LogP contribution is -2.36. The van der Waals surface area contributed by atoms with Crippen molar-refractivity contribution in [2.24, 2.45) is 0 Å². The fourth-order valence-corrected chi connectivity index (χ4v) is 3.66. The summed E-state index contributed by atoms with van der Waals surface area (Å²) in [5, 5.41) is 10.5. The third-order valence-electron chi connectivity index (χ3n) is 3.06. The maximum absolute atomic E-state index is 11.8. The molecule has 0 radical (unpaired) electrons. The van der Waals surface area contributed by atoms with Gasteiger partial charge in [0.1, 0.15) is 0 Å². The van der Waals surface area contributed by atoms with E-state index in [4.69, 9.17) is 0 Å². The van der Waals surface area contributed by atoms with Crippen LogP contribution in [-0.2, 0) is 4.79 Å². The van der Waals surface area contributed by atoms with Gasteiger partial charge < -0.3 is 5.32 Å². The van der Waals surface area contributed by atoms with Gasteiger partial charge in [0, 0.05) is 15.8 Å². The highest BCUT2D eigenvalue weighted by atomic mass is 32.1. The van der Waals surface area contributed by atoms with Gasteiger partial charge in [-0.15, -0.1) is 22.7 Å². The van der Waals surface area contributed by atoms with Crippen molar-refractivity contribution in [3.63, 3.8) is 0 Å². The molecule has 0 spiro atoms. The molecule has 0 saturated heterocycles. The first-order chi connectivity index (χ1) is 9.33. The summed E-state index contributed by atoms with van der Waals surface area (Å²) in [6.07, 6.45) is 2.26. The summed E-state index contributed by atoms with van der Waals surface area (Å²) in [5.41, 5.74) is 0. The molecule has 2 heterocycles. The molecular formula is C14H16N2OS2. The van der Waals surface area contributed by atoms with Crippen LogP contribution in [0, 0.1) is 0 Å². The average Bonchev–Trinajstić information content (AvgIpc) is 2.89. The third kappa shape index (κ3) is 3.43. The molecule has 2 aromatic rings. The first-order valence-electron chi connectivity index (χ1n) is 6.42. The van der Waals surface area contributed by atoms with E-state index in [1.54, 1.807) is 22.7 Å². The minimum atomic E-state index is 0.0978. The van der Waals surface area contributed by atoms with Crippen LogP contribution in [0.2, 0.25) is 0 Å². The van der Waals surface area contributed by atoms with Gasteiger partial charge >= 0.3 is 0 Å². The molecule has 0 aromatic carbocycles. The van der Waals surface area contributed by atoms with Crippen LogP contribution in [0.15, 0.2) is 35.0 Å². The Kier molecular flexibility index (Phi) is 3.96. The van der Waals surface area contributed by atoms with E-state index < -0.39 is 0 Å². The van der Waals surface area contributed by atoms with Crippen molar-refractivity contribution in [1.82, 2.24) is 10.6 Å². The van der Waals surface area contributed by atoms with E-state index in [0.29, 0.717) is 12.6 Å². The zero-order valence-corrected chi connectivity index (χ0v) is 12.1. The van der Waals surface area contributed by atoms with Crippen LogP contribution in [0.1, 0.15) is 28.6 Å². The molecule has 2 aromatic heterocycles. The second kappa shape index (κ2) is 5.86. The summed E-state index contributed by atoms with van der Waals surface area (Å²) >= 11 is 3.44. The molecule has 0 atom stereocenters. The fraction of sp³-hybridized carbons (Fsp3) is 0.357. The second-order valence-electron chi connectivity index (χ2n) is 4.69. The van der Waals surface area contributed by atoms with Crippen molar-refractivity contribution in [1.29, 1.82) is 0 Å². The molecule has 100 valence electrons. The molecule has 1 fully saturated rings. The Labute approximate surface area is 120 Å². The lowest BCUT2D eigenvalue weighted by atomic mass is 10.2. The molecule has 3 nitrogen and oxygen atoms in total. The molecule has 19 heavy (non-hydrogen) atoms. The van der Waals surface area contributed by atoms with E-state index in [1.165, 1.54) is 9.75 Å². The van der Waals surface area contributed by atoms with Gasteiger partial charge in [0.25, 0.3) is 0 Å². The number of carbonyl (C=O) groups is 1. The molecule has 0 unspecified atom stereocenters. The predicted molar refractivity (Wildman–Crippen MR) is 79.6 cm³/mol. The van der Waals surface area contributed by atoms with Gasteiger partial charge in [-0.2, -0.15) is 0 Å². The minimum absolute atomic E-state index is 0.0978. The Morgan fingerprint density at radius 2 is 1.84 bits per heavy atom. The normalized spacial score (nSPS) is 14.8. The Morgan fingerprint density at radius 3 is 2.32 bits per heavy atom. The molecule has 3 rings (SSSR count). The number of rotatable bonds is 6. The van der Waals surface area contributed by atoms with Gasteiger partial charge in [-0.05, 0) is 35.7 Å². The number of carbonyl (C=O) groups excluding carboxylic acids is 1. The maximum atomic E-state index is 11.8. The standard InChI is InChI=1S/C14H16N2OS2/c17-13(16-10-5-6-10)9-15-14(11-3-1-7-18-11)12-4-2-8-19-12/h1-4,7-8,10,14-15H,5-6,9H2,(H,16,17). The Hall–Kier alpha value is -1.17. The monoisotopic (exact) mass is 292 g/mol. The SMILES string of the molecule is O=C(CNC(c1cccs1)c1cccs1)NC1CC1. The first-order valence-corrected chi connectivity index (χ1v) is 8.18. The number of nitrogens with one attached hydrogen (secondary N) is 2. The molecule has 1 aliphatic carbocycles. The van der Waals surface area contributed by atoms with E-state index in [0.717, 1.165) is 12.8 Å². The number of amides is 1. The van der Waals surface area contributed by atoms with Crippen LogP contribution < -0.4 is 10.6 Å². The summed E-state index contributed by atoms with van der Waals surface area (Å²) < 4.78 is 0. The first kappa shape index (κ1) is 12.8. The highest BCUT2D eigenvalue weighted by Crippen LogP contribution is 2.28. The fourth-order valence-electron chi connectivity index (χ4n) is 1.95. The number of thiophene rings is 2. The molecule has 2 N–H and O–H groups in total. The van der Waals surface area contributed by atoms with Crippen LogP contribution in [0.25, 0.3) is 0 Å². The van der Waals surface area contributed by atoms with Crippen LogP contribution in [-0.4, -0.2) is 18.5 Å². The van der Waals surface area contributed by atoms with Gasteiger partial charge in [-0.1, -0.05) is 12.1 Å². The second-order valence-corrected chi connectivity index (χ2v) is 6.65. The van der Waals surface area contributed by atoms with Crippen LogP contribution in [0.3, 0.4) is 0 Å². The lowest BCUT2D eigenvalue weighted by Gasteiger charge is -2.15. The van der Waals surface area contributed by atoms with Gasteiger partial charge in [0.15, 0.2) is 0 Å². The van der Waals surface area contributed by atoms with Crippen molar-refractivity contribution in [2.75, 3.05) is 6.54 Å². The third-order valence-corrected chi connectivity index (χ3v) is 4.94. The number of hydrogen-bond donors (Lipinski definition) is 2. The Balaban J connectivity index is 1.64. The van der Waals surface area contributed by atoms with Crippen LogP contribution in [0.5, 0.6) is 0 Å². The quantitative estimate of drug-likeness (QED) is 0.859. The molecule has 5 heteroatoms. The molecular weight excluding hydrogens is 276 g/mol. The molecule has 1 amide bonds.